The van der Waals surface area contributed by atoms with Crippen LogP contribution < -0.4 is 10.2 Å². The summed E-state index contributed by atoms with van der Waals surface area (Å²) in [5.74, 6) is 0.862. The molecule has 6 nitrogen and oxygen atoms in total. The van der Waals surface area contributed by atoms with Crippen molar-refractivity contribution in [2.24, 2.45) is 0 Å². The molecule has 0 unspecified atom stereocenters. The predicted octanol–water partition coefficient (Wildman–Crippen LogP) is 2.14. The van der Waals surface area contributed by atoms with Gasteiger partial charge in [-0.2, -0.15) is 0 Å². The van der Waals surface area contributed by atoms with E-state index in [-0.39, 0.29) is 6.03 Å². The number of para-hydroxylation sites is 1. The lowest BCUT2D eigenvalue weighted by Gasteiger charge is -2.35. The highest BCUT2D eigenvalue weighted by Gasteiger charge is 2.22. The number of carbonyl (C=O) groups is 1. The molecule has 2 heterocycles. The first-order valence-electron chi connectivity index (χ1n) is 7.36. The van der Waals surface area contributed by atoms with E-state index in [0.29, 0.717) is 13.1 Å². The number of aromatic nitrogens is 2. The summed E-state index contributed by atoms with van der Waals surface area (Å²) in [6.45, 7) is 4.87. The Balaban J connectivity index is 1.57. The zero-order valence-corrected chi connectivity index (χ0v) is 12.6. The van der Waals surface area contributed by atoms with Crippen molar-refractivity contribution < 1.29 is 4.79 Å². The molecular weight excluding hydrogens is 278 g/mol. The van der Waals surface area contributed by atoms with Crippen molar-refractivity contribution in [2.45, 2.75) is 6.92 Å². The molecule has 1 fully saturated rings. The number of benzene rings is 1. The van der Waals surface area contributed by atoms with Crippen LogP contribution in [0.3, 0.4) is 0 Å². The van der Waals surface area contributed by atoms with Gasteiger partial charge in [-0.3, -0.25) is 4.98 Å². The largest absolute Gasteiger partial charge is 0.352 e. The molecule has 1 aromatic carbocycles. The fourth-order valence-corrected chi connectivity index (χ4v) is 2.50. The van der Waals surface area contributed by atoms with Crippen LogP contribution in [0.15, 0.2) is 42.9 Å². The molecule has 0 spiro atoms. The van der Waals surface area contributed by atoms with Gasteiger partial charge >= 0.3 is 6.03 Å². The maximum absolute atomic E-state index is 12.3. The predicted molar refractivity (Wildman–Crippen MR) is 86.0 cm³/mol. The Hall–Kier alpha value is -2.63. The molecule has 0 radical (unpaired) electrons. The smallest absolute Gasteiger partial charge is 0.321 e. The normalized spacial score (nSPS) is 14.8. The average molecular weight is 297 g/mol. The van der Waals surface area contributed by atoms with Crippen molar-refractivity contribution in [1.29, 1.82) is 0 Å². The van der Waals surface area contributed by atoms with Gasteiger partial charge in [-0.15, -0.1) is 0 Å². The number of aryl methyl sites for hydroxylation is 1. The fourth-order valence-electron chi connectivity index (χ4n) is 2.50. The molecule has 2 amide bonds. The number of piperazine rings is 1. The third kappa shape index (κ3) is 3.16. The van der Waals surface area contributed by atoms with Crippen LogP contribution in [0.5, 0.6) is 0 Å². The van der Waals surface area contributed by atoms with Gasteiger partial charge in [-0.1, -0.05) is 18.2 Å². The standard InChI is InChI=1S/C16H19N5O/c1-13-4-2-3-5-14(13)19-16(22)21-10-8-20(9-11-21)15-12-17-6-7-18-15/h2-7,12H,8-11H2,1H3,(H,19,22). The summed E-state index contributed by atoms with van der Waals surface area (Å²) < 4.78 is 0. The van der Waals surface area contributed by atoms with Crippen LogP contribution in [0.1, 0.15) is 5.56 Å². The summed E-state index contributed by atoms with van der Waals surface area (Å²) >= 11 is 0. The Bertz CT molecular complexity index is 638. The van der Waals surface area contributed by atoms with Gasteiger partial charge < -0.3 is 15.1 Å². The number of amides is 2. The van der Waals surface area contributed by atoms with Crippen LogP contribution in [-0.2, 0) is 0 Å². The molecule has 1 aliphatic rings. The Morgan fingerprint density at radius 1 is 1.14 bits per heavy atom. The lowest BCUT2D eigenvalue weighted by molar-refractivity contribution is 0.208. The monoisotopic (exact) mass is 297 g/mol. The fraction of sp³-hybridized carbons (Fsp3) is 0.312. The molecule has 114 valence electrons. The van der Waals surface area contributed by atoms with E-state index in [1.54, 1.807) is 18.6 Å². The van der Waals surface area contributed by atoms with Crippen molar-refractivity contribution in [3.8, 4) is 0 Å². The van der Waals surface area contributed by atoms with Gasteiger partial charge in [0.2, 0.25) is 0 Å². The zero-order valence-electron chi connectivity index (χ0n) is 12.6. The molecule has 1 aromatic heterocycles. The Labute approximate surface area is 129 Å². The molecule has 0 aliphatic carbocycles. The van der Waals surface area contributed by atoms with E-state index in [4.69, 9.17) is 0 Å². The van der Waals surface area contributed by atoms with E-state index in [9.17, 15) is 4.79 Å². The minimum atomic E-state index is -0.0481. The van der Waals surface area contributed by atoms with Crippen LogP contribution in [0.25, 0.3) is 0 Å². The van der Waals surface area contributed by atoms with E-state index in [2.05, 4.69) is 20.2 Å². The molecule has 3 rings (SSSR count). The summed E-state index contributed by atoms with van der Waals surface area (Å²) in [5.41, 5.74) is 1.93. The van der Waals surface area contributed by atoms with Crippen LogP contribution in [0, 0.1) is 6.92 Å². The minimum absolute atomic E-state index is 0.0481. The molecule has 1 N–H and O–H groups in total. The maximum Gasteiger partial charge on any atom is 0.321 e. The molecule has 0 bridgehead atoms. The number of rotatable bonds is 2. The molecule has 0 atom stereocenters. The number of hydrogen-bond donors (Lipinski definition) is 1. The first kappa shape index (κ1) is 14.3. The molecule has 0 saturated carbocycles. The Morgan fingerprint density at radius 3 is 2.59 bits per heavy atom. The molecule has 2 aromatic rings. The topological polar surface area (TPSA) is 61.4 Å². The van der Waals surface area contributed by atoms with Gasteiger partial charge in [0.05, 0.1) is 6.20 Å². The average Bonchev–Trinajstić information content (AvgIpc) is 2.58. The van der Waals surface area contributed by atoms with Gasteiger partial charge in [0.15, 0.2) is 0 Å². The third-order valence-electron chi connectivity index (χ3n) is 3.83. The third-order valence-corrected chi connectivity index (χ3v) is 3.83. The summed E-state index contributed by atoms with van der Waals surface area (Å²) in [6.07, 6.45) is 5.10. The number of hydrogen-bond acceptors (Lipinski definition) is 4. The van der Waals surface area contributed by atoms with E-state index in [1.807, 2.05) is 36.1 Å². The highest BCUT2D eigenvalue weighted by molar-refractivity contribution is 5.90. The van der Waals surface area contributed by atoms with Gasteiger partial charge in [-0.25, -0.2) is 9.78 Å². The zero-order chi connectivity index (χ0) is 15.4. The van der Waals surface area contributed by atoms with Gasteiger partial charge in [0.1, 0.15) is 5.82 Å². The Kier molecular flexibility index (Phi) is 4.18. The van der Waals surface area contributed by atoms with Crippen molar-refractivity contribution in [3.63, 3.8) is 0 Å². The lowest BCUT2D eigenvalue weighted by Crippen LogP contribution is -2.50. The highest BCUT2D eigenvalue weighted by Crippen LogP contribution is 2.16. The number of anilines is 2. The summed E-state index contributed by atoms with van der Waals surface area (Å²) in [5, 5.41) is 2.98. The van der Waals surface area contributed by atoms with Crippen molar-refractivity contribution in [2.75, 3.05) is 36.4 Å². The number of nitrogens with one attached hydrogen (secondary N) is 1. The molecule has 6 heteroatoms. The highest BCUT2D eigenvalue weighted by atomic mass is 16.2. The first-order chi connectivity index (χ1) is 10.7. The Morgan fingerprint density at radius 2 is 1.91 bits per heavy atom. The van der Waals surface area contributed by atoms with Crippen molar-refractivity contribution in [3.05, 3.63) is 48.4 Å². The number of nitrogens with zero attached hydrogens (tertiary/aromatic N) is 4. The van der Waals surface area contributed by atoms with Crippen LogP contribution >= 0.6 is 0 Å². The van der Waals surface area contributed by atoms with Crippen molar-refractivity contribution in [1.82, 2.24) is 14.9 Å². The van der Waals surface area contributed by atoms with E-state index in [0.717, 1.165) is 30.2 Å². The number of carbonyl (C=O) groups excluding carboxylic acids is 1. The lowest BCUT2D eigenvalue weighted by atomic mass is 10.2. The first-order valence-corrected chi connectivity index (χ1v) is 7.36. The van der Waals surface area contributed by atoms with E-state index in [1.165, 1.54) is 0 Å². The summed E-state index contributed by atoms with van der Waals surface area (Å²) in [6, 6.07) is 7.75. The summed E-state index contributed by atoms with van der Waals surface area (Å²) in [4.78, 5) is 24.7. The van der Waals surface area contributed by atoms with Gasteiger partial charge in [0, 0.05) is 44.3 Å². The van der Waals surface area contributed by atoms with Crippen LogP contribution in [0.2, 0.25) is 0 Å². The van der Waals surface area contributed by atoms with E-state index >= 15 is 0 Å². The molecule has 22 heavy (non-hydrogen) atoms. The molecular formula is C16H19N5O. The van der Waals surface area contributed by atoms with Gasteiger partial charge in [-0.05, 0) is 18.6 Å². The second-order valence-corrected chi connectivity index (χ2v) is 5.28. The van der Waals surface area contributed by atoms with Crippen molar-refractivity contribution >= 4 is 17.5 Å². The van der Waals surface area contributed by atoms with Crippen LogP contribution in [-0.4, -0.2) is 47.1 Å². The van der Waals surface area contributed by atoms with Crippen LogP contribution in [0.4, 0.5) is 16.3 Å². The molecule has 1 saturated heterocycles. The molecule has 1 aliphatic heterocycles. The van der Waals surface area contributed by atoms with Gasteiger partial charge in [0.25, 0.3) is 0 Å². The van der Waals surface area contributed by atoms with E-state index < -0.39 is 0 Å². The summed E-state index contributed by atoms with van der Waals surface area (Å²) in [7, 11) is 0. The second kappa shape index (κ2) is 6.43. The minimum Gasteiger partial charge on any atom is -0.352 e. The SMILES string of the molecule is Cc1ccccc1NC(=O)N1CCN(c2cnccn2)CC1. The quantitative estimate of drug-likeness (QED) is 0.922. The second-order valence-electron chi connectivity index (χ2n) is 5.28. The maximum atomic E-state index is 12.3. The number of urea groups is 1.